The van der Waals surface area contributed by atoms with E-state index in [1.165, 1.54) is 6.07 Å². The van der Waals surface area contributed by atoms with Gasteiger partial charge in [0.25, 0.3) is 0 Å². The Labute approximate surface area is 114 Å². The number of imidazole rings is 1. The monoisotopic (exact) mass is 273 g/mol. The first-order valence-corrected chi connectivity index (χ1v) is 6.31. The van der Waals surface area contributed by atoms with Gasteiger partial charge in [-0.15, -0.1) is 0 Å². The molecule has 0 bridgehead atoms. The fourth-order valence-corrected chi connectivity index (χ4v) is 2.43. The van der Waals surface area contributed by atoms with Gasteiger partial charge in [-0.05, 0) is 61.5 Å². The number of aromatic nitrogens is 3. The predicted molar refractivity (Wildman–Crippen MR) is 75.7 cm³/mol. The average Bonchev–Trinajstić information content (AvgIpc) is 2.71. The number of pyridine rings is 1. The summed E-state index contributed by atoms with van der Waals surface area (Å²) in [6.07, 6.45) is 1.74. The van der Waals surface area contributed by atoms with Crippen molar-refractivity contribution in [1.29, 1.82) is 0 Å². The van der Waals surface area contributed by atoms with Gasteiger partial charge in [-0.25, -0.2) is 9.37 Å². The van der Waals surface area contributed by atoms with E-state index in [2.05, 4.69) is 9.97 Å². The Morgan fingerprint density at radius 2 is 2.00 bits per heavy atom. The van der Waals surface area contributed by atoms with Crippen molar-refractivity contribution in [3.05, 3.63) is 52.2 Å². The zero-order chi connectivity index (χ0) is 13.6. The second-order valence-corrected chi connectivity index (χ2v) is 4.91. The third-order valence-electron chi connectivity index (χ3n) is 3.19. The molecule has 0 fully saturated rings. The topological polar surface area (TPSA) is 33.6 Å². The van der Waals surface area contributed by atoms with Gasteiger partial charge in [-0.2, -0.15) is 0 Å². The first-order chi connectivity index (χ1) is 9.08. The van der Waals surface area contributed by atoms with Crippen molar-refractivity contribution in [3.63, 3.8) is 0 Å². The molecule has 3 aromatic rings. The highest BCUT2D eigenvalue weighted by atomic mass is 32.1. The van der Waals surface area contributed by atoms with E-state index in [1.54, 1.807) is 25.3 Å². The van der Waals surface area contributed by atoms with Gasteiger partial charge >= 0.3 is 0 Å². The number of benzene rings is 1. The number of hydrogen-bond donors (Lipinski definition) is 1. The molecule has 0 saturated heterocycles. The molecule has 0 aliphatic heterocycles. The van der Waals surface area contributed by atoms with Crippen molar-refractivity contribution >= 4 is 23.4 Å². The van der Waals surface area contributed by atoms with Crippen molar-refractivity contribution < 1.29 is 4.39 Å². The maximum atomic E-state index is 13.4. The Morgan fingerprint density at radius 3 is 2.74 bits per heavy atom. The summed E-state index contributed by atoms with van der Waals surface area (Å²) < 4.78 is 15.7. The van der Waals surface area contributed by atoms with Crippen LogP contribution in [-0.2, 0) is 0 Å². The number of aromatic amines is 1. The van der Waals surface area contributed by atoms with Crippen LogP contribution in [-0.4, -0.2) is 14.5 Å². The van der Waals surface area contributed by atoms with Gasteiger partial charge in [-0.3, -0.25) is 4.57 Å². The van der Waals surface area contributed by atoms with Crippen LogP contribution in [0.2, 0.25) is 0 Å². The Kier molecular flexibility index (Phi) is 2.71. The minimum atomic E-state index is -0.223. The Balaban J connectivity index is 2.36. The lowest BCUT2D eigenvalue weighted by atomic mass is 10.2. The molecule has 0 saturated carbocycles. The third-order valence-corrected chi connectivity index (χ3v) is 3.47. The van der Waals surface area contributed by atoms with Crippen LogP contribution in [0.1, 0.15) is 11.1 Å². The summed E-state index contributed by atoms with van der Waals surface area (Å²) in [4.78, 5) is 7.51. The first kappa shape index (κ1) is 12.0. The highest BCUT2D eigenvalue weighted by Gasteiger charge is 2.10. The van der Waals surface area contributed by atoms with Gasteiger partial charge in [0, 0.05) is 6.20 Å². The van der Waals surface area contributed by atoms with Gasteiger partial charge in [0.15, 0.2) is 10.4 Å². The van der Waals surface area contributed by atoms with E-state index in [1.807, 2.05) is 17.6 Å². The van der Waals surface area contributed by atoms with E-state index in [-0.39, 0.29) is 5.82 Å². The van der Waals surface area contributed by atoms with Crippen LogP contribution >= 0.6 is 12.2 Å². The lowest BCUT2D eigenvalue weighted by molar-refractivity contribution is 0.618. The number of nitrogens with one attached hydrogen (secondary N) is 1. The summed E-state index contributed by atoms with van der Waals surface area (Å²) in [5.74, 6) is -0.223. The van der Waals surface area contributed by atoms with Crippen molar-refractivity contribution in [1.82, 2.24) is 14.5 Å². The minimum absolute atomic E-state index is 0.223. The molecule has 0 amide bonds. The second-order valence-electron chi connectivity index (χ2n) is 4.53. The number of halogens is 1. The molecule has 0 atom stereocenters. The number of hydrogen-bond acceptors (Lipinski definition) is 2. The summed E-state index contributed by atoms with van der Waals surface area (Å²) in [5.41, 5.74) is 4.15. The quantitative estimate of drug-likeness (QED) is 0.683. The lowest BCUT2D eigenvalue weighted by Crippen LogP contribution is -1.97. The molecule has 2 aromatic heterocycles. The summed E-state index contributed by atoms with van der Waals surface area (Å²) in [6, 6.07) is 6.84. The molecular weight excluding hydrogens is 261 g/mol. The normalized spacial score (nSPS) is 11.1. The van der Waals surface area contributed by atoms with Crippen LogP contribution < -0.4 is 0 Å². The summed E-state index contributed by atoms with van der Waals surface area (Å²) in [5, 5.41) is 0. The third kappa shape index (κ3) is 1.86. The molecule has 5 heteroatoms. The Hall–Kier alpha value is -2.01. The molecule has 0 aliphatic rings. The zero-order valence-electron chi connectivity index (χ0n) is 10.6. The molecule has 3 rings (SSSR count). The molecule has 3 nitrogen and oxygen atoms in total. The van der Waals surface area contributed by atoms with Gasteiger partial charge in [-0.1, -0.05) is 0 Å². The van der Waals surface area contributed by atoms with Crippen molar-refractivity contribution in [3.8, 4) is 5.69 Å². The standard InChI is InChI=1S/C14H12FN3S/c1-8-5-6-16-13-12(8)17-14(19)18(13)10-3-4-11(15)9(2)7-10/h3-7H,1-2H3,(H,17,19). The van der Waals surface area contributed by atoms with Crippen molar-refractivity contribution in [2.45, 2.75) is 13.8 Å². The van der Waals surface area contributed by atoms with Gasteiger partial charge in [0.1, 0.15) is 5.82 Å². The molecule has 19 heavy (non-hydrogen) atoms. The molecule has 0 spiro atoms. The van der Waals surface area contributed by atoms with Crippen LogP contribution in [0.3, 0.4) is 0 Å². The van der Waals surface area contributed by atoms with Crippen LogP contribution in [0.25, 0.3) is 16.9 Å². The van der Waals surface area contributed by atoms with Crippen LogP contribution in [0.4, 0.5) is 4.39 Å². The van der Waals surface area contributed by atoms with Gasteiger partial charge in [0.05, 0.1) is 11.2 Å². The van der Waals surface area contributed by atoms with Crippen LogP contribution in [0, 0.1) is 24.4 Å². The molecule has 96 valence electrons. The summed E-state index contributed by atoms with van der Waals surface area (Å²) in [7, 11) is 0. The zero-order valence-corrected chi connectivity index (χ0v) is 11.4. The van der Waals surface area contributed by atoms with E-state index in [0.717, 1.165) is 22.4 Å². The van der Waals surface area contributed by atoms with E-state index in [9.17, 15) is 4.39 Å². The number of aryl methyl sites for hydroxylation is 2. The van der Waals surface area contributed by atoms with Crippen LogP contribution in [0.5, 0.6) is 0 Å². The van der Waals surface area contributed by atoms with E-state index >= 15 is 0 Å². The van der Waals surface area contributed by atoms with Gasteiger partial charge in [0.2, 0.25) is 0 Å². The van der Waals surface area contributed by atoms with E-state index in [4.69, 9.17) is 12.2 Å². The summed E-state index contributed by atoms with van der Waals surface area (Å²) >= 11 is 5.34. The smallest absolute Gasteiger partial charge is 0.184 e. The molecule has 2 heterocycles. The van der Waals surface area contributed by atoms with E-state index < -0.39 is 0 Å². The molecule has 0 aliphatic carbocycles. The van der Waals surface area contributed by atoms with Crippen molar-refractivity contribution in [2.24, 2.45) is 0 Å². The second kappa shape index (κ2) is 4.28. The molecule has 0 radical (unpaired) electrons. The highest BCUT2D eigenvalue weighted by Crippen LogP contribution is 2.21. The molecular formula is C14H12FN3S. The Morgan fingerprint density at radius 1 is 1.21 bits per heavy atom. The molecule has 1 N–H and O–H groups in total. The molecule has 1 aromatic carbocycles. The number of fused-ring (bicyclic) bond motifs is 1. The average molecular weight is 273 g/mol. The van der Waals surface area contributed by atoms with Crippen molar-refractivity contribution in [2.75, 3.05) is 0 Å². The number of H-pyrrole nitrogens is 1. The SMILES string of the molecule is Cc1cc(-n2c(=S)[nH]c3c(C)ccnc32)ccc1F. The summed E-state index contributed by atoms with van der Waals surface area (Å²) in [6.45, 7) is 3.73. The Bertz CT molecular complexity index is 832. The first-order valence-electron chi connectivity index (χ1n) is 5.91. The predicted octanol–water partition coefficient (Wildman–Crippen LogP) is 3.84. The fraction of sp³-hybridized carbons (Fsp3) is 0.143. The van der Waals surface area contributed by atoms with Crippen LogP contribution in [0.15, 0.2) is 30.5 Å². The highest BCUT2D eigenvalue weighted by molar-refractivity contribution is 7.71. The fourth-order valence-electron chi connectivity index (χ4n) is 2.13. The maximum Gasteiger partial charge on any atom is 0.184 e. The van der Waals surface area contributed by atoms with Gasteiger partial charge < -0.3 is 4.98 Å². The van der Waals surface area contributed by atoms with E-state index in [0.29, 0.717) is 10.3 Å². The number of nitrogens with zero attached hydrogens (tertiary/aromatic N) is 2. The lowest BCUT2D eigenvalue weighted by Gasteiger charge is -2.05. The largest absolute Gasteiger partial charge is 0.329 e. The minimum Gasteiger partial charge on any atom is -0.329 e. The molecule has 0 unspecified atom stereocenters. The number of rotatable bonds is 1. The maximum absolute atomic E-state index is 13.4.